The normalized spacial score (nSPS) is 18.1. The topological polar surface area (TPSA) is 41.9 Å². The standard InChI is InChI=1S/C15H23NO3/c1-3-16(11-15-18-8-9-19-15)10-14(17)13-6-4-12(2)5-7-13/h4-7,14-15,17H,3,8-11H2,1-2H3. The Balaban J connectivity index is 1.87. The number of aliphatic hydroxyl groups is 1. The van der Waals surface area contributed by atoms with Crippen molar-refractivity contribution >= 4 is 0 Å². The van der Waals surface area contributed by atoms with Crippen molar-refractivity contribution in [2.75, 3.05) is 32.8 Å². The third-order valence-electron chi connectivity index (χ3n) is 3.44. The highest BCUT2D eigenvalue weighted by Gasteiger charge is 2.21. The van der Waals surface area contributed by atoms with Gasteiger partial charge in [0.05, 0.1) is 19.3 Å². The van der Waals surface area contributed by atoms with Gasteiger partial charge >= 0.3 is 0 Å². The predicted molar refractivity (Wildman–Crippen MR) is 73.9 cm³/mol. The molecule has 1 saturated heterocycles. The zero-order valence-corrected chi connectivity index (χ0v) is 11.7. The van der Waals surface area contributed by atoms with Crippen LogP contribution in [0.3, 0.4) is 0 Å². The largest absolute Gasteiger partial charge is 0.387 e. The van der Waals surface area contributed by atoms with Crippen LogP contribution in [0.4, 0.5) is 0 Å². The first-order valence-electron chi connectivity index (χ1n) is 6.89. The number of likely N-dealkylation sites (N-methyl/N-ethyl adjacent to an activating group) is 1. The van der Waals surface area contributed by atoms with Gasteiger partial charge in [-0.2, -0.15) is 0 Å². The fourth-order valence-corrected chi connectivity index (χ4v) is 2.19. The van der Waals surface area contributed by atoms with Crippen molar-refractivity contribution in [3.63, 3.8) is 0 Å². The number of hydrogen-bond donors (Lipinski definition) is 1. The Kier molecular flexibility index (Phi) is 5.34. The lowest BCUT2D eigenvalue weighted by atomic mass is 10.1. The van der Waals surface area contributed by atoms with E-state index in [1.54, 1.807) is 0 Å². The molecule has 106 valence electrons. The molecule has 4 heteroatoms. The minimum Gasteiger partial charge on any atom is -0.387 e. The summed E-state index contributed by atoms with van der Waals surface area (Å²) >= 11 is 0. The van der Waals surface area contributed by atoms with E-state index in [1.807, 2.05) is 31.2 Å². The van der Waals surface area contributed by atoms with E-state index in [0.717, 1.165) is 12.1 Å². The second kappa shape index (κ2) is 7.01. The summed E-state index contributed by atoms with van der Waals surface area (Å²) in [7, 11) is 0. The zero-order chi connectivity index (χ0) is 13.7. The predicted octanol–water partition coefficient (Wildman–Crippen LogP) is 1.72. The summed E-state index contributed by atoms with van der Waals surface area (Å²) in [5.74, 6) is 0. The molecule has 0 saturated carbocycles. The van der Waals surface area contributed by atoms with Crippen LogP contribution in [0, 0.1) is 6.92 Å². The van der Waals surface area contributed by atoms with Gasteiger partial charge in [0.2, 0.25) is 0 Å². The molecule has 0 aliphatic carbocycles. The Morgan fingerprint density at radius 2 is 1.89 bits per heavy atom. The Labute approximate surface area is 114 Å². The molecule has 1 fully saturated rings. The number of benzene rings is 1. The molecular weight excluding hydrogens is 242 g/mol. The molecule has 0 bridgehead atoms. The van der Waals surface area contributed by atoms with Gasteiger partial charge in [0.15, 0.2) is 6.29 Å². The van der Waals surface area contributed by atoms with Crippen LogP contribution >= 0.6 is 0 Å². The van der Waals surface area contributed by atoms with Crippen molar-refractivity contribution in [2.45, 2.75) is 26.2 Å². The number of rotatable bonds is 6. The molecule has 0 radical (unpaired) electrons. The lowest BCUT2D eigenvalue weighted by Crippen LogP contribution is -2.36. The summed E-state index contributed by atoms with van der Waals surface area (Å²) in [6, 6.07) is 8.02. The number of aliphatic hydroxyl groups excluding tert-OH is 1. The Bertz CT molecular complexity index is 373. The summed E-state index contributed by atoms with van der Waals surface area (Å²) < 4.78 is 10.9. The van der Waals surface area contributed by atoms with Gasteiger partial charge in [-0.1, -0.05) is 36.8 Å². The van der Waals surface area contributed by atoms with E-state index >= 15 is 0 Å². The van der Waals surface area contributed by atoms with Crippen LogP contribution in [0.1, 0.15) is 24.2 Å². The van der Waals surface area contributed by atoms with Crippen molar-refractivity contribution in [1.82, 2.24) is 4.90 Å². The maximum absolute atomic E-state index is 10.3. The molecule has 0 spiro atoms. The van der Waals surface area contributed by atoms with Gasteiger partial charge in [0.25, 0.3) is 0 Å². The van der Waals surface area contributed by atoms with Crippen molar-refractivity contribution in [3.8, 4) is 0 Å². The highest BCUT2D eigenvalue weighted by atomic mass is 16.7. The highest BCUT2D eigenvalue weighted by molar-refractivity contribution is 5.23. The van der Waals surface area contributed by atoms with E-state index < -0.39 is 6.10 Å². The summed E-state index contributed by atoms with van der Waals surface area (Å²) in [6.45, 7) is 7.64. The average Bonchev–Trinajstić information content (AvgIpc) is 2.91. The molecule has 1 aliphatic rings. The van der Waals surface area contributed by atoms with Crippen LogP contribution in [0.25, 0.3) is 0 Å². The third kappa shape index (κ3) is 4.28. The van der Waals surface area contributed by atoms with Crippen LogP contribution in [0.2, 0.25) is 0 Å². The van der Waals surface area contributed by atoms with Crippen LogP contribution in [0.15, 0.2) is 24.3 Å². The highest BCUT2D eigenvalue weighted by Crippen LogP contribution is 2.16. The fraction of sp³-hybridized carbons (Fsp3) is 0.600. The maximum atomic E-state index is 10.3. The summed E-state index contributed by atoms with van der Waals surface area (Å²) in [6.07, 6.45) is -0.618. The van der Waals surface area contributed by atoms with Crippen LogP contribution in [0.5, 0.6) is 0 Å². The smallest absolute Gasteiger partial charge is 0.170 e. The molecule has 1 N–H and O–H groups in total. The molecule has 19 heavy (non-hydrogen) atoms. The van der Waals surface area contributed by atoms with Gasteiger partial charge in [-0.3, -0.25) is 4.90 Å². The van der Waals surface area contributed by atoms with Crippen molar-refractivity contribution < 1.29 is 14.6 Å². The van der Waals surface area contributed by atoms with Crippen molar-refractivity contribution in [2.24, 2.45) is 0 Å². The van der Waals surface area contributed by atoms with E-state index in [4.69, 9.17) is 9.47 Å². The van der Waals surface area contributed by atoms with Gasteiger partial charge in [0.1, 0.15) is 0 Å². The van der Waals surface area contributed by atoms with Gasteiger partial charge in [0, 0.05) is 13.1 Å². The molecule has 1 atom stereocenters. The quantitative estimate of drug-likeness (QED) is 0.850. The van der Waals surface area contributed by atoms with Crippen molar-refractivity contribution in [1.29, 1.82) is 0 Å². The zero-order valence-electron chi connectivity index (χ0n) is 11.7. The first-order valence-corrected chi connectivity index (χ1v) is 6.89. The maximum Gasteiger partial charge on any atom is 0.170 e. The lowest BCUT2D eigenvalue weighted by Gasteiger charge is -2.25. The van der Waals surface area contributed by atoms with E-state index in [9.17, 15) is 5.11 Å². The molecule has 4 nitrogen and oxygen atoms in total. The molecule has 0 aromatic heterocycles. The molecule has 0 amide bonds. The van der Waals surface area contributed by atoms with Crippen LogP contribution in [-0.2, 0) is 9.47 Å². The second-order valence-electron chi connectivity index (χ2n) is 4.95. The summed E-state index contributed by atoms with van der Waals surface area (Å²) in [4.78, 5) is 2.15. The molecule has 1 aromatic rings. The molecule has 1 aliphatic heterocycles. The Hall–Kier alpha value is -0.940. The Morgan fingerprint density at radius 3 is 2.47 bits per heavy atom. The van der Waals surface area contributed by atoms with E-state index in [1.165, 1.54) is 5.56 Å². The molecule has 1 heterocycles. The second-order valence-corrected chi connectivity index (χ2v) is 4.95. The molecular formula is C15H23NO3. The Morgan fingerprint density at radius 1 is 1.26 bits per heavy atom. The number of nitrogens with zero attached hydrogens (tertiary/aromatic N) is 1. The molecule has 1 aromatic carbocycles. The average molecular weight is 265 g/mol. The molecule has 1 unspecified atom stereocenters. The SMILES string of the molecule is CCN(CC1OCCO1)CC(O)c1ccc(C)cc1. The van der Waals surface area contributed by atoms with Gasteiger partial charge < -0.3 is 14.6 Å². The van der Waals surface area contributed by atoms with Gasteiger partial charge in [-0.15, -0.1) is 0 Å². The number of aryl methyl sites for hydroxylation is 1. The first kappa shape index (κ1) is 14.5. The fourth-order valence-electron chi connectivity index (χ4n) is 2.19. The monoisotopic (exact) mass is 265 g/mol. The first-order chi connectivity index (χ1) is 9.19. The van der Waals surface area contributed by atoms with Gasteiger partial charge in [-0.05, 0) is 19.0 Å². The summed E-state index contributed by atoms with van der Waals surface area (Å²) in [5, 5.41) is 10.3. The van der Waals surface area contributed by atoms with Crippen molar-refractivity contribution in [3.05, 3.63) is 35.4 Å². The van der Waals surface area contributed by atoms with E-state index in [0.29, 0.717) is 26.3 Å². The van der Waals surface area contributed by atoms with E-state index in [2.05, 4.69) is 11.8 Å². The molecule has 2 rings (SSSR count). The van der Waals surface area contributed by atoms with E-state index in [-0.39, 0.29) is 6.29 Å². The van der Waals surface area contributed by atoms with Gasteiger partial charge in [-0.25, -0.2) is 0 Å². The minimum atomic E-state index is -0.470. The lowest BCUT2D eigenvalue weighted by molar-refractivity contribution is -0.0660. The summed E-state index contributed by atoms with van der Waals surface area (Å²) in [5.41, 5.74) is 2.16. The third-order valence-corrected chi connectivity index (χ3v) is 3.44. The van der Waals surface area contributed by atoms with Crippen LogP contribution < -0.4 is 0 Å². The number of ether oxygens (including phenoxy) is 2. The van der Waals surface area contributed by atoms with Crippen LogP contribution in [-0.4, -0.2) is 49.1 Å². The number of hydrogen-bond acceptors (Lipinski definition) is 4. The minimum absolute atomic E-state index is 0.148.